The van der Waals surface area contributed by atoms with Crippen molar-refractivity contribution >= 4 is 17.5 Å². The highest BCUT2D eigenvalue weighted by Gasteiger charge is 2.23. The molecule has 0 bridgehead atoms. The SMILES string of the molecule is CNC(=O)c1ccc(C(C)NC(=O)c2cccnc2)cc1N1CCc2ncccc2C1. The third-order valence-corrected chi connectivity index (χ3v) is 5.57. The van der Waals surface area contributed by atoms with Crippen LogP contribution in [0.15, 0.2) is 61.1 Å². The van der Waals surface area contributed by atoms with Gasteiger partial charge in [0, 0.05) is 50.8 Å². The number of amides is 2. The van der Waals surface area contributed by atoms with Crippen LogP contribution in [0.1, 0.15) is 50.5 Å². The molecule has 0 saturated carbocycles. The maximum Gasteiger partial charge on any atom is 0.253 e. The first kappa shape index (κ1) is 20.5. The van der Waals surface area contributed by atoms with Gasteiger partial charge in [-0.25, -0.2) is 0 Å². The Labute approximate surface area is 181 Å². The van der Waals surface area contributed by atoms with Crippen molar-refractivity contribution in [1.29, 1.82) is 0 Å². The van der Waals surface area contributed by atoms with E-state index in [0.29, 0.717) is 17.7 Å². The standard InChI is InChI=1S/C24H25N5O2/c1-16(28-23(30)18-5-3-10-26-14-18)17-7-8-20(24(31)25-2)22(13-17)29-12-9-21-19(15-29)6-4-11-27-21/h3-8,10-11,13-14,16H,9,12,15H2,1-2H3,(H,25,31)(H,28,30). The summed E-state index contributed by atoms with van der Waals surface area (Å²) in [6.07, 6.45) is 5.82. The Kier molecular flexibility index (Phi) is 5.93. The Bertz CT molecular complexity index is 1100. The van der Waals surface area contributed by atoms with E-state index in [1.807, 2.05) is 37.4 Å². The number of benzene rings is 1. The lowest BCUT2D eigenvalue weighted by atomic mass is 9.99. The molecule has 3 heterocycles. The van der Waals surface area contributed by atoms with Crippen LogP contribution < -0.4 is 15.5 Å². The summed E-state index contributed by atoms with van der Waals surface area (Å²) in [6.45, 7) is 3.39. The van der Waals surface area contributed by atoms with Gasteiger partial charge in [-0.05, 0) is 48.4 Å². The van der Waals surface area contributed by atoms with Crippen molar-refractivity contribution in [3.63, 3.8) is 0 Å². The Morgan fingerprint density at radius 1 is 1.10 bits per heavy atom. The summed E-state index contributed by atoms with van der Waals surface area (Å²) in [5.41, 5.74) is 5.18. The molecule has 0 saturated heterocycles. The van der Waals surface area contributed by atoms with E-state index in [4.69, 9.17) is 0 Å². The molecule has 7 heteroatoms. The number of carbonyl (C=O) groups excluding carboxylic acids is 2. The fraction of sp³-hybridized carbons (Fsp3) is 0.250. The van der Waals surface area contributed by atoms with Crippen molar-refractivity contribution in [2.75, 3.05) is 18.5 Å². The molecule has 3 aromatic rings. The van der Waals surface area contributed by atoms with Gasteiger partial charge < -0.3 is 15.5 Å². The fourth-order valence-corrected chi connectivity index (χ4v) is 3.84. The summed E-state index contributed by atoms with van der Waals surface area (Å²) in [6, 6.07) is 13.0. The van der Waals surface area contributed by atoms with Crippen LogP contribution in [0, 0.1) is 0 Å². The van der Waals surface area contributed by atoms with Crippen molar-refractivity contribution in [3.8, 4) is 0 Å². The zero-order valence-corrected chi connectivity index (χ0v) is 17.6. The predicted octanol–water partition coefficient (Wildman–Crippen LogP) is 2.89. The molecule has 0 radical (unpaired) electrons. The van der Waals surface area contributed by atoms with Gasteiger partial charge in [0.15, 0.2) is 0 Å². The number of carbonyl (C=O) groups is 2. The summed E-state index contributed by atoms with van der Waals surface area (Å²) in [7, 11) is 1.63. The third kappa shape index (κ3) is 4.40. The summed E-state index contributed by atoms with van der Waals surface area (Å²) >= 11 is 0. The van der Waals surface area contributed by atoms with Gasteiger partial charge in [0.25, 0.3) is 11.8 Å². The quantitative estimate of drug-likeness (QED) is 0.669. The van der Waals surface area contributed by atoms with Gasteiger partial charge in [0.05, 0.1) is 22.9 Å². The lowest BCUT2D eigenvalue weighted by molar-refractivity contribution is 0.0936. The van der Waals surface area contributed by atoms with E-state index in [2.05, 4.69) is 31.6 Å². The average Bonchev–Trinajstić information content (AvgIpc) is 2.83. The average molecular weight is 415 g/mol. The predicted molar refractivity (Wildman–Crippen MR) is 119 cm³/mol. The largest absolute Gasteiger partial charge is 0.366 e. The summed E-state index contributed by atoms with van der Waals surface area (Å²) in [5, 5.41) is 5.74. The van der Waals surface area contributed by atoms with Crippen LogP contribution >= 0.6 is 0 Å². The number of fused-ring (bicyclic) bond motifs is 1. The molecule has 1 aliphatic rings. The third-order valence-electron chi connectivity index (χ3n) is 5.57. The van der Waals surface area contributed by atoms with Crippen molar-refractivity contribution in [2.45, 2.75) is 25.9 Å². The molecule has 1 unspecified atom stereocenters. The topological polar surface area (TPSA) is 87.2 Å². The van der Waals surface area contributed by atoms with E-state index in [1.165, 1.54) is 5.56 Å². The molecule has 1 aromatic carbocycles. The minimum Gasteiger partial charge on any atom is -0.366 e. The first-order valence-electron chi connectivity index (χ1n) is 10.3. The smallest absolute Gasteiger partial charge is 0.253 e. The number of anilines is 1. The van der Waals surface area contributed by atoms with Crippen LogP contribution in [0.3, 0.4) is 0 Å². The van der Waals surface area contributed by atoms with Crippen molar-refractivity contribution in [2.24, 2.45) is 0 Å². The Hall–Kier alpha value is -3.74. The number of nitrogens with one attached hydrogen (secondary N) is 2. The van der Waals surface area contributed by atoms with Crippen LogP contribution in [0.2, 0.25) is 0 Å². The molecule has 2 N–H and O–H groups in total. The Morgan fingerprint density at radius 3 is 2.71 bits per heavy atom. The van der Waals surface area contributed by atoms with Gasteiger partial charge in [-0.2, -0.15) is 0 Å². The minimum atomic E-state index is -0.232. The molecular weight excluding hydrogens is 390 g/mol. The van der Waals surface area contributed by atoms with E-state index in [0.717, 1.165) is 29.9 Å². The van der Waals surface area contributed by atoms with E-state index in [9.17, 15) is 9.59 Å². The summed E-state index contributed by atoms with van der Waals surface area (Å²) < 4.78 is 0. The lowest BCUT2D eigenvalue weighted by Crippen LogP contribution is -2.33. The van der Waals surface area contributed by atoms with Crippen LogP contribution in [0.25, 0.3) is 0 Å². The zero-order valence-electron chi connectivity index (χ0n) is 17.6. The maximum atomic E-state index is 12.5. The molecule has 0 spiro atoms. The number of hydrogen-bond donors (Lipinski definition) is 2. The number of aromatic nitrogens is 2. The first-order chi connectivity index (χ1) is 15.1. The molecule has 31 heavy (non-hydrogen) atoms. The summed E-state index contributed by atoms with van der Waals surface area (Å²) in [5.74, 6) is -0.318. The lowest BCUT2D eigenvalue weighted by Gasteiger charge is -2.32. The molecule has 158 valence electrons. The Balaban J connectivity index is 1.62. The van der Waals surface area contributed by atoms with Gasteiger partial charge in [-0.3, -0.25) is 19.6 Å². The number of rotatable bonds is 5. The summed E-state index contributed by atoms with van der Waals surface area (Å²) in [4.78, 5) is 35.8. The highest BCUT2D eigenvalue weighted by atomic mass is 16.2. The second-order valence-corrected chi connectivity index (χ2v) is 7.57. The molecule has 1 aliphatic heterocycles. The van der Waals surface area contributed by atoms with Crippen molar-refractivity contribution in [3.05, 3.63) is 89.0 Å². The normalized spacial score (nSPS) is 13.8. The second-order valence-electron chi connectivity index (χ2n) is 7.57. The molecular formula is C24H25N5O2. The molecule has 2 aromatic heterocycles. The maximum absolute atomic E-state index is 12.5. The van der Waals surface area contributed by atoms with Crippen molar-refractivity contribution < 1.29 is 9.59 Å². The number of nitrogens with zero attached hydrogens (tertiary/aromatic N) is 3. The van der Waals surface area contributed by atoms with Gasteiger partial charge in [0.1, 0.15) is 0 Å². The highest BCUT2D eigenvalue weighted by Crippen LogP contribution is 2.30. The molecule has 4 rings (SSSR count). The fourth-order valence-electron chi connectivity index (χ4n) is 3.84. The first-order valence-corrected chi connectivity index (χ1v) is 10.3. The van der Waals surface area contributed by atoms with E-state index in [1.54, 1.807) is 31.6 Å². The molecule has 0 fully saturated rings. The molecule has 2 amide bonds. The van der Waals surface area contributed by atoms with Crippen molar-refractivity contribution in [1.82, 2.24) is 20.6 Å². The molecule has 1 atom stereocenters. The van der Waals surface area contributed by atoms with E-state index >= 15 is 0 Å². The van der Waals surface area contributed by atoms with Crippen LogP contribution in [-0.4, -0.2) is 35.4 Å². The van der Waals surface area contributed by atoms with Gasteiger partial charge in [-0.1, -0.05) is 12.1 Å². The molecule has 7 nitrogen and oxygen atoms in total. The minimum absolute atomic E-state index is 0.134. The monoisotopic (exact) mass is 415 g/mol. The van der Waals surface area contributed by atoms with Gasteiger partial charge >= 0.3 is 0 Å². The zero-order chi connectivity index (χ0) is 21.8. The molecule has 0 aliphatic carbocycles. The van der Waals surface area contributed by atoms with E-state index < -0.39 is 0 Å². The number of hydrogen-bond acceptors (Lipinski definition) is 5. The van der Waals surface area contributed by atoms with Crippen LogP contribution in [0.5, 0.6) is 0 Å². The van der Waals surface area contributed by atoms with Gasteiger partial charge in [0.2, 0.25) is 0 Å². The number of pyridine rings is 2. The van der Waals surface area contributed by atoms with Crippen LogP contribution in [0.4, 0.5) is 5.69 Å². The highest BCUT2D eigenvalue weighted by molar-refractivity contribution is 6.00. The van der Waals surface area contributed by atoms with Gasteiger partial charge in [-0.15, -0.1) is 0 Å². The van der Waals surface area contributed by atoms with E-state index in [-0.39, 0.29) is 17.9 Å². The second kappa shape index (κ2) is 8.95. The Morgan fingerprint density at radius 2 is 1.94 bits per heavy atom. The van der Waals surface area contributed by atoms with Crippen LogP contribution in [-0.2, 0) is 13.0 Å².